The highest BCUT2D eigenvalue weighted by atomic mass is 16.7. The first-order chi connectivity index (χ1) is 22.1. The minimum Gasteiger partial charge on any atom is -0.457 e. The molecule has 45 heavy (non-hydrogen) atoms. The number of aliphatic hydroxyl groups is 1. The second-order valence-electron chi connectivity index (χ2n) is 11.7. The summed E-state index contributed by atoms with van der Waals surface area (Å²) in [4.78, 5) is 15.1. The number of aliphatic hydroxyl groups excluding tert-OH is 1. The van der Waals surface area contributed by atoms with Crippen LogP contribution in [-0.2, 0) is 22.6 Å². The van der Waals surface area contributed by atoms with Crippen molar-refractivity contribution in [2.24, 2.45) is 0 Å². The number of nitrogens with one attached hydrogen (secondary N) is 2. The molecule has 3 N–H and O–H groups in total. The number of hydrogen-bond donors (Lipinski definition) is 3. The summed E-state index contributed by atoms with van der Waals surface area (Å²) in [6.07, 6.45) is 4.02. The maximum absolute atomic E-state index is 12.6. The van der Waals surface area contributed by atoms with Crippen molar-refractivity contribution < 1.29 is 24.1 Å². The molecule has 2 aliphatic heterocycles. The van der Waals surface area contributed by atoms with Crippen molar-refractivity contribution in [2.75, 3.05) is 25.0 Å². The van der Waals surface area contributed by atoms with E-state index >= 15 is 0 Å². The molecule has 2 amide bonds. The smallest absolute Gasteiger partial charge is 0.319 e. The van der Waals surface area contributed by atoms with Gasteiger partial charge in [0.1, 0.15) is 11.5 Å². The lowest BCUT2D eigenvalue weighted by molar-refractivity contribution is -0.253. The predicted octanol–water partition coefficient (Wildman–Crippen LogP) is 7.32. The third kappa shape index (κ3) is 8.71. The topological polar surface area (TPSA) is 92.3 Å². The van der Waals surface area contributed by atoms with Crippen molar-refractivity contribution in [2.45, 2.75) is 57.3 Å². The van der Waals surface area contributed by atoms with Gasteiger partial charge in [-0.2, -0.15) is 0 Å². The molecule has 3 atom stereocenters. The number of rotatable bonds is 10. The molecule has 8 nitrogen and oxygen atoms in total. The third-order valence-corrected chi connectivity index (χ3v) is 8.32. The van der Waals surface area contributed by atoms with Gasteiger partial charge in [-0.1, -0.05) is 73.2 Å². The number of likely N-dealkylation sites (tertiary alicyclic amines) is 1. The molecule has 6 rings (SSSR count). The molecule has 4 aromatic carbocycles. The van der Waals surface area contributed by atoms with Crippen molar-refractivity contribution in [1.82, 2.24) is 10.2 Å². The van der Waals surface area contributed by atoms with Gasteiger partial charge in [0, 0.05) is 30.8 Å². The summed E-state index contributed by atoms with van der Waals surface area (Å²) in [5, 5.41) is 15.3. The van der Waals surface area contributed by atoms with Crippen LogP contribution in [0.25, 0.3) is 0 Å². The van der Waals surface area contributed by atoms with E-state index in [1.807, 2.05) is 103 Å². The Hall–Kier alpha value is -4.21. The molecule has 0 aromatic heterocycles. The highest BCUT2D eigenvalue weighted by Gasteiger charge is 2.33. The Morgan fingerprint density at radius 2 is 1.44 bits per heavy atom. The third-order valence-electron chi connectivity index (χ3n) is 8.32. The van der Waals surface area contributed by atoms with Gasteiger partial charge in [0.05, 0.1) is 18.8 Å². The lowest BCUT2D eigenvalue weighted by atomic mass is 9.99. The van der Waals surface area contributed by atoms with Gasteiger partial charge >= 0.3 is 6.03 Å². The van der Waals surface area contributed by atoms with Crippen LogP contribution in [0, 0.1) is 0 Å². The van der Waals surface area contributed by atoms with Crippen molar-refractivity contribution in [3.8, 4) is 11.5 Å². The maximum Gasteiger partial charge on any atom is 0.319 e. The lowest BCUT2D eigenvalue weighted by Crippen LogP contribution is -2.41. The van der Waals surface area contributed by atoms with Crippen LogP contribution in [0.15, 0.2) is 103 Å². The first-order valence-corrected chi connectivity index (χ1v) is 15.8. The first-order valence-electron chi connectivity index (χ1n) is 15.8. The molecule has 0 unspecified atom stereocenters. The number of anilines is 1. The molecule has 0 bridgehead atoms. The van der Waals surface area contributed by atoms with Crippen LogP contribution in [0.5, 0.6) is 11.5 Å². The van der Waals surface area contributed by atoms with Crippen molar-refractivity contribution in [3.05, 3.63) is 125 Å². The number of benzene rings is 4. The number of ether oxygens (including phenoxy) is 3. The molecule has 0 spiro atoms. The largest absolute Gasteiger partial charge is 0.457 e. The standard InChI is InChI=1S/C37H41N3O5/c41-26-28-11-13-29(14-12-28)35-23-34(25-40-21-5-2-6-22-40)44-36(45-35)30-15-9-27(10-16-30)24-38-37(42)39-31-17-19-33(20-18-31)43-32-7-3-1-4-8-32/h1,3-4,7-20,34-36,41H,2,5-6,21-26H2,(H2,38,39,42)/t34-,35+,36+/m0/s1. The van der Waals surface area contributed by atoms with Gasteiger partial charge in [0.2, 0.25) is 0 Å². The molecular weight excluding hydrogens is 566 g/mol. The Balaban J connectivity index is 1.04. The van der Waals surface area contributed by atoms with E-state index in [0.717, 1.165) is 54.1 Å². The Kier molecular flexibility index (Phi) is 10.4. The van der Waals surface area contributed by atoms with Crippen molar-refractivity contribution in [1.29, 1.82) is 0 Å². The summed E-state index contributed by atoms with van der Waals surface area (Å²) in [5.74, 6) is 1.45. The number of urea groups is 1. The molecule has 234 valence electrons. The van der Waals surface area contributed by atoms with E-state index in [-0.39, 0.29) is 24.8 Å². The van der Waals surface area contributed by atoms with E-state index in [4.69, 9.17) is 14.2 Å². The molecule has 2 aliphatic rings. The summed E-state index contributed by atoms with van der Waals surface area (Å²) < 4.78 is 18.8. The number of carbonyl (C=O) groups is 1. The van der Waals surface area contributed by atoms with Crippen LogP contribution in [0.2, 0.25) is 0 Å². The quantitative estimate of drug-likeness (QED) is 0.175. The molecule has 2 fully saturated rings. The van der Waals surface area contributed by atoms with E-state index < -0.39 is 6.29 Å². The van der Waals surface area contributed by atoms with Crippen LogP contribution < -0.4 is 15.4 Å². The number of carbonyl (C=O) groups excluding carboxylic acids is 1. The fourth-order valence-corrected chi connectivity index (χ4v) is 5.84. The molecule has 0 saturated carbocycles. The SMILES string of the molecule is O=C(NCc1ccc([C@@H]2O[C@H](CN3CCCCC3)C[C@H](c3ccc(CO)cc3)O2)cc1)Nc1ccc(Oc2ccccc2)cc1. The Labute approximate surface area is 264 Å². The highest BCUT2D eigenvalue weighted by molar-refractivity contribution is 5.89. The van der Waals surface area contributed by atoms with Crippen LogP contribution in [-0.4, -0.2) is 41.8 Å². The highest BCUT2D eigenvalue weighted by Crippen LogP contribution is 2.38. The summed E-state index contributed by atoms with van der Waals surface area (Å²) in [5.41, 5.74) is 4.57. The van der Waals surface area contributed by atoms with E-state index in [0.29, 0.717) is 18.0 Å². The number of piperidine rings is 1. The first kappa shape index (κ1) is 30.8. The predicted molar refractivity (Wildman–Crippen MR) is 174 cm³/mol. The van der Waals surface area contributed by atoms with Gasteiger partial charge in [-0.05, 0) is 79.0 Å². The summed E-state index contributed by atoms with van der Waals surface area (Å²) in [6.45, 7) is 3.53. The van der Waals surface area contributed by atoms with Crippen molar-refractivity contribution >= 4 is 11.7 Å². The lowest BCUT2D eigenvalue weighted by Gasteiger charge is -2.39. The van der Waals surface area contributed by atoms with Gasteiger partial charge in [-0.3, -0.25) is 0 Å². The Morgan fingerprint density at radius 3 is 2.16 bits per heavy atom. The summed E-state index contributed by atoms with van der Waals surface area (Å²) in [6, 6.07) is 32.6. The molecule has 8 heteroatoms. The monoisotopic (exact) mass is 607 g/mol. The number of hydrogen-bond acceptors (Lipinski definition) is 6. The van der Waals surface area contributed by atoms with Crippen LogP contribution >= 0.6 is 0 Å². The minimum absolute atomic E-state index is 0.0235. The zero-order valence-electron chi connectivity index (χ0n) is 25.4. The van der Waals surface area contributed by atoms with E-state index in [2.05, 4.69) is 15.5 Å². The second-order valence-corrected chi connectivity index (χ2v) is 11.7. The Morgan fingerprint density at radius 1 is 0.778 bits per heavy atom. The number of para-hydroxylation sites is 1. The van der Waals surface area contributed by atoms with Crippen LogP contribution in [0.3, 0.4) is 0 Å². The van der Waals surface area contributed by atoms with E-state index in [1.54, 1.807) is 0 Å². The number of nitrogens with zero attached hydrogens (tertiary/aromatic N) is 1. The van der Waals surface area contributed by atoms with Gasteiger partial charge in [-0.25, -0.2) is 4.79 Å². The summed E-state index contributed by atoms with van der Waals surface area (Å²) in [7, 11) is 0. The average molecular weight is 608 g/mol. The fourth-order valence-electron chi connectivity index (χ4n) is 5.84. The molecule has 0 aliphatic carbocycles. The van der Waals surface area contributed by atoms with E-state index in [1.165, 1.54) is 19.3 Å². The minimum atomic E-state index is -0.491. The Bertz CT molecular complexity index is 1490. The molecule has 2 heterocycles. The van der Waals surface area contributed by atoms with E-state index in [9.17, 15) is 9.90 Å². The fraction of sp³-hybridized carbons (Fsp3) is 0.324. The molecule has 2 saturated heterocycles. The van der Waals surface area contributed by atoms with Gasteiger partial charge in [0.25, 0.3) is 0 Å². The van der Waals surface area contributed by atoms with Crippen LogP contribution in [0.1, 0.15) is 60.3 Å². The van der Waals surface area contributed by atoms with Crippen LogP contribution in [0.4, 0.5) is 10.5 Å². The molecule has 0 radical (unpaired) electrons. The van der Waals surface area contributed by atoms with Gasteiger partial charge in [-0.15, -0.1) is 0 Å². The van der Waals surface area contributed by atoms with Gasteiger partial charge in [0.15, 0.2) is 6.29 Å². The average Bonchev–Trinajstić information content (AvgIpc) is 3.09. The van der Waals surface area contributed by atoms with Crippen molar-refractivity contribution in [3.63, 3.8) is 0 Å². The maximum atomic E-state index is 12.6. The zero-order chi connectivity index (χ0) is 30.8. The summed E-state index contributed by atoms with van der Waals surface area (Å²) >= 11 is 0. The zero-order valence-corrected chi connectivity index (χ0v) is 25.4. The van der Waals surface area contributed by atoms with Gasteiger partial charge < -0.3 is 34.9 Å². The molecular formula is C37H41N3O5. The number of amides is 2. The second kappa shape index (κ2) is 15.2. The normalized spacial score (nSPS) is 20.3. The molecule has 4 aromatic rings.